The number of benzene rings is 2. The third-order valence-corrected chi connectivity index (χ3v) is 5.59. The number of nitrogens with zero attached hydrogens (tertiary/aromatic N) is 1. The van der Waals surface area contributed by atoms with E-state index in [9.17, 15) is 0 Å². The molecule has 0 heterocycles. The molecule has 0 amide bonds. The molecule has 0 radical (unpaired) electrons. The Morgan fingerprint density at radius 2 is 1.69 bits per heavy atom. The summed E-state index contributed by atoms with van der Waals surface area (Å²) in [7, 11) is 4.20. The SMILES string of the molecule is CCCCCCC(CC(=N)C[C@@H](C)N(C)C)c1cccc2ccccc12. The van der Waals surface area contributed by atoms with E-state index in [0.717, 1.165) is 18.6 Å². The van der Waals surface area contributed by atoms with Gasteiger partial charge in [0, 0.05) is 18.2 Å². The van der Waals surface area contributed by atoms with Crippen molar-refractivity contribution in [3.8, 4) is 0 Å². The van der Waals surface area contributed by atoms with Crippen molar-refractivity contribution in [2.75, 3.05) is 14.1 Å². The molecule has 0 aliphatic carbocycles. The number of hydrogen-bond donors (Lipinski definition) is 1. The fourth-order valence-corrected chi connectivity index (χ4v) is 3.71. The van der Waals surface area contributed by atoms with Crippen molar-refractivity contribution in [1.82, 2.24) is 4.90 Å². The first-order valence-electron chi connectivity index (χ1n) is 10.2. The first-order chi connectivity index (χ1) is 12.5. The minimum atomic E-state index is 0.427. The molecule has 26 heavy (non-hydrogen) atoms. The largest absolute Gasteiger partial charge is 0.310 e. The number of rotatable bonds is 11. The molecule has 0 fully saturated rings. The summed E-state index contributed by atoms with van der Waals surface area (Å²) in [5.41, 5.74) is 2.32. The normalized spacial score (nSPS) is 13.9. The molecular weight excluding hydrogens is 316 g/mol. The number of hydrogen-bond acceptors (Lipinski definition) is 2. The van der Waals surface area contributed by atoms with Crippen LogP contribution in [0, 0.1) is 5.41 Å². The zero-order chi connectivity index (χ0) is 18.9. The molecule has 0 saturated heterocycles. The van der Waals surface area contributed by atoms with Gasteiger partial charge in [-0.3, -0.25) is 0 Å². The fourth-order valence-electron chi connectivity index (χ4n) is 3.71. The fraction of sp³-hybridized carbons (Fsp3) is 0.542. The number of unbranched alkanes of at least 4 members (excludes halogenated alkanes) is 3. The van der Waals surface area contributed by atoms with Gasteiger partial charge in [-0.2, -0.15) is 0 Å². The molecule has 2 aromatic carbocycles. The van der Waals surface area contributed by atoms with Gasteiger partial charge in [0.2, 0.25) is 0 Å². The summed E-state index contributed by atoms with van der Waals surface area (Å²) in [5.74, 6) is 0.458. The highest BCUT2D eigenvalue weighted by Gasteiger charge is 2.18. The second-order valence-corrected chi connectivity index (χ2v) is 7.94. The Balaban J connectivity index is 2.18. The summed E-state index contributed by atoms with van der Waals surface area (Å²) >= 11 is 0. The van der Waals surface area contributed by atoms with E-state index in [2.05, 4.69) is 75.3 Å². The molecule has 2 aromatic rings. The van der Waals surface area contributed by atoms with Crippen LogP contribution in [-0.2, 0) is 0 Å². The van der Waals surface area contributed by atoms with Crippen LogP contribution in [0.3, 0.4) is 0 Å². The van der Waals surface area contributed by atoms with E-state index in [1.807, 2.05) is 0 Å². The van der Waals surface area contributed by atoms with Crippen LogP contribution in [0.5, 0.6) is 0 Å². The summed E-state index contributed by atoms with van der Waals surface area (Å²) in [6, 6.07) is 15.8. The van der Waals surface area contributed by atoms with Crippen molar-refractivity contribution in [3.05, 3.63) is 48.0 Å². The second kappa shape index (κ2) is 10.5. The lowest BCUT2D eigenvalue weighted by Gasteiger charge is -2.24. The van der Waals surface area contributed by atoms with Crippen LogP contribution >= 0.6 is 0 Å². The molecule has 2 heteroatoms. The standard InChI is InChI=1S/C24H36N2/c1-5-6-7-8-13-21(18-22(25)17-19(2)26(3)4)24-16-11-14-20-12-9-10-15-23(20)24/h9-12,14-16,19,21,25H,5-8,13,17-18H2,1-4H3/t19-,21?/m1/s1. The van der Waals surface area contributed by atoms with Gasteiger partial charge in [-0.25, -0.2) is 0 Å². The van der Waals surface area contributed by atoms with E-state index in [1.54, 1.807) is 0 Å². The average Bonchev–Trinajstić information content (AvgIpc) is 2.63. The molecular formula is C24H36N2. The van der Waals surface area contributed by atoms with Gasteiger partial charge in [0.1, 0.15) is 0 Å². The topological polar surface area (TPSA) is 27.1 Å². The second-order valence-electron chi connectivity index (χ2n) is 7.94. The zero-order valence-corrected chi connectivity index (χ0v) is 17.1. The molecule has 2 atom stereocenters. The van der Waals surface area contributed by atoms with Crippen molar-refractivity contribution in [2.24, 2.45) is 0 Å². The molecule has 0 aliphatic heterocycles. The maximum atomic E-state index is 8.59. The summed E-state index contributed by atoms with van der Waals surface area (Å²) in [6.45, 7) is 4.48. The molecule has 0 aliphatic rings. The Labute approximate surface area is 160 Å². The van der Waals surface area contributed by atoms with E-state index < -0.39 is 0 Å². The molecule has 1 unspecified atom stereocenters. The summed E-state index contributed by atoms with van der Waals surface area (Å²) < 4.78 is 0. The van der Waals surface area contributed by atoms with Gasteiger partial charge < -0.3 is 10.3 Å². The predicted octanol–water partition coefficient (Wildman–Crippen LogP) is 6.64. The summed E-state index contributed by atoms with van der Waals surface area (Å²) in [4.78, 5) is 2.21. The van der Waals surface area contributed by atoms with E-state index in [1.165, 1.54) is 48.4 Å². The highest BCUT2D eigenvalue weighted by molar-refractivity contribution is 5.88. The third kappa shape index (κ3) is 5.95. The van der Waals surface area contributed by atoms with Gasteiger partial charge in [0.15, 0.2) is 0 Å². The van der Waals surface area contributed by atoms with E-state index in [4.69, 9.17) is 5.41 Å². The van der Waals surface area contributed by atoms with Crippen LogP contribution < -0.4 is 0 Å². The molecule has 0 spiro atoms. The minimum absolute atomic E-state index is 0.427. The quantitative estimate of drug-likeness (QED) is 0.356. The number of fused-ring (bicyclic) bond motifs is 1. The zero-order valence-electron chi connectivity index (χ0n) is 17.1. The first-order valence-corrected chi connectivity index (χ1v) is 10.2. The monoisotopic (exact) mass is 352 g/mol. The van der Waals surface area contributed by atoms with Crippen LogP contribution in [0.15, 0.2) is 42.5 Å². The van der Waals surface area contributed by atoms with Crippen LogP contribution in [0.1, 0.15) is 70.3 Å². The van der Waals surface area contributed by atoms with Crippen molar-refractivity contribution >= 4 is 16.5 Å². The molecule has 0 bridgehead atoms. The van der Waals surface area contributed by atoms with Crippen molar-refractivity contribution in [3.63, 3.8) is 0 Å². The Kier molecular flexibility index (Phi) is 8.31. The minimum Gasteiger partial charge on any atom is -0.310 e. The predicted molar refractivity (Wildman–Crippen MR) is 116 cm³/mol. The molecule has 0 aromatic heterocycles. The van der Waals surface area contributed by atoms with Crippen molar-refractivity contribution in [1.29, 1.82) is 5.41 Å². The highest BCUT2D eigenvalue weighted by atomic mass is 15.1. The molecule has 2 nitrogen and oxygen atoms in total. The Bertz CT molecular complexity index is 684. The smallest absolute Gasteiger partial charge is 0.0113 e. The third-order valence-electron chi connectivity index (χ3n) is 5.59. The molecule has 0 saturated carbocycles. The van der Waals surface area contributed by atoms with Crippen LogP contribution in [0.2, 0.25) is 0 Å². The van der Waals surface area contributed by atoms with Crippen molar-refractivity contribution in [2.45, 2.75) is 70.8 Å². The van der Waals surface area contributed by atoms with Crippen molar-refractivity contribution < 1.29 is 0 Å². The van der Waals surface area contributed by atoms with Crippen LogP contribution in [0.25, 0.3) is 10.8 Å². The van der Waals surface area contributed by atoms with E-state index in [0.29, 0.717) is 12.0 Å². The van der Waals surface area contributed by atoms with Gasteiger partial charge in [0.05, 0.1) is 0 Å². The van der Waals surface area contributed by atoms with Gasteiger partial charge in [0.25, 0.3) is 0 Å². The molecule has 142 valence electrons. The summed E-state index contributed by atoms with van der Waals surface area (Å²) in [6.07, 6.45) is 8.10. The lowest BCUT2D eigenvalue weighted by Crippen LogP contribution is -2.27. The molecule has 1 N–H and O–H groups in total. The number of nitrogens with one attached hydrogen (secondary N) is 1. The van der Waals surface area contributed by atoms with Crippen LogP contribution in [0.4, 0.5) is 0 Å². The Morgan fingerprint density at radius 1 is 0.962 bits per heavy atom. The van der Waals surface area contributed by atoms with E-state index >= 15 is 0 Å². The Morgan fingerprint density at radius 3 is 2.42 bits per heavy atom. The summed E-state index contributed by atoms with van der Waals surface area (Å²) in [5, 5.41) is 11.3. The lowest BCUT2D eigenvalue weighted by molar-refractivity contribution is 0.319. The van der Waals surface area contributed by atoms with Crippen LogP contribution in [-0.4, -0.2) is 30.7 Å². The average molecular weight is 353 g/mol. The first kappa shape index (κ1) is 20.6. The molecule has 2 rings (SSSR count). The van der Waals surface area contributed by atoms with Gasteiger partial charge in [-0.05, 0) is 56.1 Å². The maximum Gasteiger partial charge on any atom is 0.0113 e. The lowest BCUT2D eigenvalue weighted by atomic mass is 9.84. The van der Waals surface area contributed by atoms with Gasteiger partial charge in [-0.15, -0.1) is 0 Å². The van der Waals surface area contributed by atoms with Gasteiger partial charge >= 0.3 is 0 Å². The van der Waals surface area contributed by atoms with Gasteiger partial charge in [-0.1, -0.05) is 75.1 Å². The highest BCUT2D eigenvalue weighted by Crippen LogP contribution is 2.32. The maximum absolute atomic E-state index is 8.59. The van der Waals surface area contributed by atoms with E-state index in [-0.39, 0.29) is 0 Å². The Hall–Kier alpha value is -1.67.